The minimum Gasteiger partial charge on any atom is -0.326 e. The van der Waals surface area contributed by atoms with Crippen LogP contribution in [0.15, 0.2) is 84.3 Å². The molecule has 0 atom stereocenters. The first-order valence-electron chi connectivity index (χ1n) is 10.3. The second-order valence-corrected chi connectivity index (χ2v) is 9.74. The van der Waals surface area contributed by atoms with E-state index in [1.807, 2.05) is 0 Å². The molecule has 0 bridgehead atoms. The number of amides is 2. The number of aryl methyl sites for hydroxylation is 1. The Balaban J connectivity index is 1.89. The van der Waals surface area contributed by atoms with E-state index in [1.54, 1.807) is 49.4 Å². The minimum absolute atomic E-state index is 0.00240. The molecule has 9 heteroatoms. The molecule has 0 heterocycles. The average Bonchev–Trinajstić information content (AvgIpc) is 2.79. The molecule has 3 rings (SSSR count). The zero-order valence-corrected chi connectivity index (χ0v) is 20.3. The van der Waals surface area contributed by atoms with Crippen molar-refractivity contribution in [3.8, 4) is 0 Å². The molecule has 0 saturated carbocycles. The summed E-state index contributed by atoms with van der Waals surface area (Å²) in [7, 11) is -4.03. The summed E-state index contributed by atoms with van der Waals surface area (Å²) in [4.78, 5) is 24.1. The summed E-state index contributed by atoms with van der Waals surface area (Å²) in [5.74, 6) is -0.670. The highest BCUT2D eigenvalue weighted by Gasteiger charge is 2.26. The Labute approximate surface area is 204 Å². The van der Waals surface area contributed by atoms with Gasteiger partial charge in [0.05, 0.1) is 22.2 Å². The molecular formula is C25H24ClN3O4S. The lowest BCUT2D eigenvalue weighted by atomic mass is 10.1. The maximum atomic E-state index is 13.4. The van der Waals surface area contributed by atoms with Crippen LogP contribution in [-0.4, -0.2) is 26.8 Å². The SMILES string of the molecule is C=CCN(c1ccccc1Cl)S(=O)(=O)c1cccc(C(=O)Nc2ccc(NC(C)=O)c(C)c2)c1. The van der Waals surface area contributed by atoms with Gasteiger partial charge in [-0.1, -0.05) is 35.9 Å². The van der Waals surface area contributed by atoms with Gasteiger partial charge in [-0.3, -0.25) is 13.9 Å². The lowest BCUT2D eigenvalue weighted by Crippen LogP contribution is -2.31. The molecular weight excluding hydrogens is 474 g/mol. The standard InChI is InChI=1S/C25H24ClN3O4S/c1-4-14-29(24-11-6-5-10-22(24)26)34(32,33)21-9-7-8-19(16-21)25(31)28-20-12-13-23(17(2)15-20)27-18(3)30/h4-13,15-16H,1,14H2,2-3H3,(H,27,30)(H,28,31). The highest BCUT2D eigenvalue weighted by molar-refractivity contribution is 7.92. The van der Waals surface area contributed by atoms with Gasteiger partial charge in [0.15, 0.2) is 0 Å². The van der Waals surface area contributed by atoms with E-state index in [1.165, 1.54) is 37.3 Å². The Hall–Kier alpha value is -3.62. The number of hydrogen-bond acceptors (Lipinski definition) is 4. The molecule has 3 aromatic rings. The maximum absolute atomic E-state index is 13.4. The van der Waals surface area contributed by atoms with Gasteiger partial charge in [-0.25, -0.2) is 8.42 Å². The number of carbonyl (C=O) groups is 2. The van der Waals surface area contributed by atoms with Crippen molar-refractivity contribution in [2.45, 2.75) is 18.7 Å². The number of benzene rings is 3. The largest absolute Gasteiger partial charge is 0.326 e. The molecule has 0 saturated heterocycles. The smallest absolute Gasteiger partial charge is 0.264 e. The normalized spacial score (nSPS) is 10.9. The zero-order valence-electron chi connectivity index (χ0n) is 18.7. The molecule has 2 amide bonds. The predicted octanol–water partition coefficient (Wildman–Crippen LogP) is 5.24. The molecule has 0 fully saturated rings. The zero-order chi connectivity index (χ0) is 24.9. The van der Waals surface area contributed by atoms with Crippen LogP contribution in [0, 0.1) is 6.92 Å². The minimum atomic E-state index is -4.03. The molecule has 0 unspecified atom stereocenters. The van der Waals surface area contributed by atoms with Gasteiger partial charge in [-0.2, -0.15) is 0 Å². The first-order valence-corrected chi connectivity index (χ1v) is 12.1. The van der Waals surface area contributed by atoms with Gasteiger partial charge in [-0.15, -0.1) is 6.58 Å². The summed E-state index contributed by atoms with van der Waals surface area (Å²) in [5.41, 5.74) is 2.40. The van der Waals surface area contributed by atoms with Crippen molar-refractivity contribution in [2.24, 2.45) is 0 Å². The van der Waals surface area contributed by atoms with E-state index >= 15 is 0 Å². The number of hydrogen-bond donors (Lipinski definition) is 2. The number of carbonyl (C=O) groups excluding carboxylic acids is 2. The highest BCUT2D eigenvalue weighted by Crippen LogP contribution is 2.30. The molecule has 0 aliphatic heterocycles. The van der Waals surface area contributed by atoms with Gasteiger partial charge < -0.3 is 10.6 Å². The summed E-state index contributed by atoms with van der Waals surface area (Å²) in [5, 5.41) is 5.74. The maximum Gasteiger partial charge on any atom is 0.264 e. The summed E-state index contributed by atoms with van der Waals surface area (Å²) in [6, 6.07) is 17.4. The van der Waals surface area contributed by atoms with Gasteiger partial charge in [0.25, 0.3) is 15.9 Å². The van der Waals surface area contributed by atoms with Crippen molar-refractivity contribution in [2.75, 3.05) is 21.5 Å². The van der Waals surface area contributed by atoms with E-state index in [2.05, 4.69) is 17.2 Å². The van der Waals surface area contributed by atoms with Crippen LogP contribution in [0.3, 0.4) is 0 Å². The van der Waals surface area contributed by atoms with Gasteiger partial charge >= 0.3 is 0 Å². The van der Waals surface area contributed by atoms with E-state index in [9.17, 15) is 18.0 Å². The molecule has 0 aromatic heterocycles. The van der Waals surface area contributed by atoms with Gasteiger partial charge in [-0.05, 0) is 61.0 Å². The summed E-state index contributed by atoms with van der Waals surface area (Å²) < 4.78 is 28.0. The number of halogens is 1. The molecule has 0 aliphatic rings. The summed E-state index contributed by atoms with van der Waals surface area (Å²) >= 11 is 6.24. The van der Waals surface area contributed by atoms with E-state index in [0.29, 0.717) is 17.1 Å². The van der Waals surface area contributed by atoms with E-state index in [0.717, 1.165) is 9.87 Å². The Kier molecular flexibility index (Phi) is 7.75. The summed E-state index contributed by atoms with van der Waals surface area (Å²) in [6.45, 7) is 6.87. The average molecular weight is 498 g/mol. The molecule has 0 aliphatic carbocycles. The summed E-state index contributed by atoms with van der Waals surface area (Å²) in [6.07, 6.45) is 1.46. The molecule has 176 valence electrons. The Morgan fingerprint density at radius 1 is 1.03 bits per heavy atom. The highest BCUT2D eigenvalue weighted by atomic mass is 35.5. The third-order valence-electron chi connectivity index (χ3n) is 4.90. The monoisotopic (exact) mass is 497 g/mol. The third-order valence-corrected chi connectivity index (χ3v) is 6.99. The van der Waals surface area contributed by atoms with Gasteiger partial charge in [0.2, 0.25) is 5.91 Å². The number of para-hydroxylation sites is 1. The fourth-order valence-corrected chi connectivity index (χ4v) is 5.09. The lowest BCUT2D eigenvalue weighted by molar-refractivity contribution is -0.114. The van der Waals surface area contributed by atoms with Crippen molar-refractivity contribution < 1.29 is 18.0 Å². The van der Waals surface area contributed by atoms with Crippen molar-refractivity contribution in [3.63, 3.8) is 0 Å². The van der Waals surface area contributed by atoms with Gasteiger partial charge in [0, 0.05) is 23.9 Å². The number of nitrogens with zero attached hydrogens (tertiary/aromatic N) is 1. The van der Waals surface area contributed by atoms with Crippen molar-refractivity contribution in [3.05, 3.63) is 95.5 Å². The lowest BCUT2D eigenvalue weighted by Gasteiger charge is -2.24. The fourth-order valence-electron chi connectivity index (χ4n) is 3.30. The van der Waals surface area contributed by atoms with Crippen LogP contribution in [0.5, 0.6) is 0 Å². The fraction of sp³-hybridized carbons (Fsp3) is 0.120. The van der Waals surface area contributed by atoms with E-state index in [4.69, 9.17) is 11.6 Å². The van der Waals surface area contributed by atoms with Crippen LogP contribution in [0.25, 0.3) is 0 Å². The molecule has 2 N–H and O–H groups in total. The van der Waals surface area contributed by atoms with Gasteiger partial charge in [0.1, 0.15) is 0 Å². The topological polar surface area (TPSA) is 95.6 Å². The first kappa shape index (κ1) is 25.0. The van der Waals surface area contributed by atoms with E-state index < -0.39 is 15.9 Å². The van der Waals surface area contributed by atoms with Crippen LogP contribution < -0.4 is 14.9 Å². The van der Waals surface area contributed by atoms with E-state index in [-0.39, 0.29) is 27.9 Å². The van der Waals surface area contributed by atoms with Crippen LogP contribution in [0.1, 0.15) is 22.8 Å². The van der Waals surface area contributed by atoms with Crippen LogP contribution in [0.2, 0.25) is 5.02 Å². The van der Waals surface area contributed by atoms with Crippen LogP contribution in [0.4, 0.5) is 17.1 Å². The van der Waals surface area contributed by atoms with Crippen LogP contribution in [-0.2, 0) is 14.8 Å². The number of anilines is 3. The Morgan fingerprint density at radius 2 is 1.76 bits per heavy atom. The molecule has 3 aromatic carbocycles. The molecule has 7 nitrogen and oxygen atoms in total. The number of sulfonamides is 1. The Morgan fingerprint density at radius 3 is 2.41 bits per heavy atom. The molecule has 0 spiro atoms. The predicted molar refractivity (Wildman–Crippen MR) is 136 cm³/mol. The molecule has 0 radical (unpaired) electrons. The number of nitrogens with one attached hydrogen (secondary N) is 2. The molecule has 34 heavy (non-hydrogen) atoms. The number of rotatable bonds is 8. The van der Waals surface area contributed by atoms with Crippen LogP contribution >= 0.6 is 11.6 Å². The second kappa shape index (κ2) is 10.5. The van der Waals surface area contributed by atoms with Crippen molar-refractivity contribution >= 4 is 50.5 Å². The van der Waals surface area contributed by atoms with Crippen molar-refractivity contribution in [1.82, 2.24) is 0 Å². The third kappa shape index (κ3) is 5.65. The quantitative estimate of drug-likeness (QED) is 0.416. The Bertz CT molecular complexity index is 1360. The van der Waals surface area contributed by atoms with Crippen molar-refractivity contribution in [1.29, 1.82) is 0 Å². The first-order chi connectivity index (χ1) is 16.1. The second-order valence-electron chi connectivity index (χ2n) is 7.47.